The van der Waals surface area contributed by atoms with Crippen molar-refractivity contribution in [3.63, 3.8) is 0 Å². The van der Waals surface area contributed by atoms with Gasteiger partial charge in [-0.05, 0) is 38.8 Å². The molecule has 2 aromatic rings. The van der Waals surface area contributed by atoms with Crippen molar-refractivity contribution in [1.29, 1.82) is 0 Å². The van der Waals surface area contributed by atoms with E-state index in [0.29, 0.717) is 6.61 Å². The summed E-state index contributed by atoms with van der Waals surface area (Å²) in [5.41, 5.74) is 4.27. The molecule has 5 nitrogen and oxygen atoms in total. The predicted molar refractivity (Wildman–Crippen MR) is 95.3 cm³/mol. The number of aromatic nitrogens is 2. The van der Waals surface area contributed by atoms with Crippen LogP contribution in [0.25, 0.3) is 5.69 Å². The second kappa shape index (κ2) is 8.64. The number of para-hydroxylation sites is 1. The summed E-state index contributed by atoms with van der Waals surface area (Å²) in [7, 11) is 0. The lowest BCUT2D eigenvalue weighted by molar-refractivity contribution is -0.126. The number of aryl methyl sites for hydroxylation is 1. The minimum absolute atomic E-state index is 0.0957. The minimum Gasteiger partial charge on any atom is -0.372 e. The lowest BCUT2D eigenvalue weighted by Crippen LogP contribution is -2.30. The van der Waals surface area contributed by atoms with Crippen molar-refractivity contribution in [2.24, 2.45) is 0 Å². The molecule has 0 saturated heterocycles. The van der Waals surface area contributed by atoms with Crippen LogP contribution < -0.4 is 5.32 Å². The van der Waals surface area contributed by atoms with E-state index < -0.39 is 0 Å². The zero-order valence-corrected chi connectivity index (χ0v) is 15.0. The summed E-state index contributed by atoms with van der Waals surface area (Å²) in [4.78, 5) is 12.0. The Kier molecular flexibility index (Phi) is 6.55. The van der Waals surface area contributed by atoms with Crippen molar-refractivity contribution in [3.05, 3.63) is 47.3 Å². The molecule has 0 aliphatic rings. The molecule has 0 aliphatic carbocycles. The molecule has 1 aromatic heterocycles. The van der Waals surface area contributed by atoms with Crippen LogP contribution >= 0.6 is 0 Å². The number of benzene rings is 1. The maximum Gasteiger partial charge on any atom is 0.246 e. The fourth-order valence-corrected chi connectivity index (χ4v) is 2.66. The molecule has 1 N–H and O–H groups in total. The van der Waals surface area contributed by atoms with Crippen LogP contribution in [0.3, 0.4) is 0 Å². The molecule has 1 atom stereocenters. The number of nitrogens with one attached hydrogen (secondary N) is 1. The van der Waals surface area contributed by atoms with Crippen LogP contribution in [0.4, 0.5) is 0 Å². The molecule has 0 fully saturated rings. The quantitative estimate of drug-likeness (QED) is 0.754. The SMILES string of the molecule is CCCCOCC(=O)NC(C)c1cnn(-c2ccccc2C)c1C. The van der Waals surface area contributed by atoms with Gasteiger partial charge in [-0.3, -0.25) is 4.79 Å². The molecule has 2 rings (SSSR count). The van der Waals surface area contributed by atoms with Gasteiger partial charge in [0.15, 0.2) is 0 Å². The summed E-state index contributed by atoms with van der Waals surface area (Å²) in [6.45, 7) is 8.89. The molecule has 24 heavy (non-hydrogen) atoms. The smallest absolute Gasteiger partial charge is 0.246 e. The van der Waals surface area contributed by atoms with Crippen LogP contribution in [0.15, 0.2) is 30.5 Å². The van der Waals surface area contributed by atoms with E-state index >= 15 is 0 Å². The maximum absolute atomic E-state index is 12.0. The summed E-state index contributed by atoms with van der Waals surface area (Å²) in [6.07, 6.45) is 3.87. The summed E-state index contributed by atoms with van der Waals surface area (Å²) in [6, 6.07) is 8.02. The Morgan fingerprint density at radius 3 is 2.79 bits per heavy atom. The average molecular weight is 329 g/mol. The Hall–Kier alpha value is -2.14. The third kappa shape index (κ3) is 4.45. The van der Waals surface area contributed by atoms with Crippen LogP contribution in [-0.2, 0) is 9.53 Å². The zero-order valence-electron chi connectivity index (χ0n) is 15.0. The summed E-state index contributed by atoms with van der Waals surface area (Å²) < 4.78 is 7.28. The standard InChI is InChI=1S/C19H27N3O2/c1-5-6-11-24-13-19(23)21-15(3)17-12-20-22(16(17)4)18-10-8-7-9-14(18)2/h7-10,12,15H,5-6,11,13H2,1-4H3,(H,21,23). The Labute approximate surface area is 144 Å². The molecular formula is C19H27N3O2. The molecule has 0 spiro atoms. The molecule has 1 aromatic carbocycles. The largest absolute Gasteiger partial charge is 0.372 e. The Morgan fingerprint density at radius 1 is 1.33 bits per heavy atom. The van der Waals surface area contributed by atoms with Gasteiger partial charge in [-0.15, -0.1) is 0 Å². The molecular weight excluding hydrogens is 302 g/mol. The molecule has 0 saturated carbocycles. The fourth-order valence-electron chi connectivity index (χ4n) is 2.66. The van der Waals surface area contributed by atoms with Crippen LogP contribution in [0.2, 0.25) is 0 Å². The van der Waals surface area contributed by atoms with Crippen LogP contribution in [-0.4, -0.2) is 28.9 Å². The number of unbranched alkanes of at least 4 members (excludes halogenated alkanes) is 1. The van der Waals surface area contributed by atoms with Gasteiger partial charge in [0.1, 0.15) is 6.61 Å². The highest BCUT2D eigenvalue weighted by molar-refractivity contribution is 5.77. The lowest BCUT2D eigenvalue weighted by Gasteiger charge is -2.15. The predicted octanol–water partition coefficient (Wildman–Crippen LogP) is 3.48. The first kappa shape index (κ1) is 18.2. The minimum atomic E-state index is -0.106. The van der Waals surface area contributed by atoms with Crippen molar-refractivity contribution in [2.45, 2.75) is 46.6 Å². The van der Waals surface area contributed by atoms with Gasteiger partial charge in [0, 0.05) is 17.9 Å². The molecule has 5 heteroatoms. The summed E-state index contributed by atoms with van der Waals surface area (Å²) in [5, 5.41) is 7.47. The average Bonchev–Trinajstić information content (AvgIpc) is 2.93. The van der Waals surface area contributed by atoms with E-state index in [1.807, 2.05) is 42.9 Å². The number of ether oxygens (including phenoxy) is 1. The second-order valence-electron chi connectivity index (χ2n) is 6.08. The third-order valence-electron chi connectivity index (χ3n) is 4.11. The van der Waals surface area contributed by atoms with Crippen molar-refractivity contribution >= 4 is 5.91 Å². The molecule has 0 aliphatic heterocycles. The van der Waals surface area contributed by atoms with Gasteiger partial charge in [-0.25, -0.2) is 4.68 Å². The van der Waals surface area contributed by atoms with Gasteiger partial charge >= 0.3 is 0 Å². The maximum atomic E-state index is 12.0. The summed E-state index contributed by atoms with van der Waals surface area (Å²) in [5.74, 6) is -0.0957. The van der Waals surface area contributed by atoms with Gasteiger partial charge < -0.3 is 10.1 Å². The van der Waals surface area contributed by atoms with Crippen molar-refractivity contribution in [1.82, 2.24) is 15.1 Å². The van der Waals surface area contributed by atoms with Gasteiger partial charge in [-0.2, -0.15) is 5.10 Å². The zero-order chi connectivity index (χ0) is 17.5. The van der Waals surface area contributed by atoms with Crippen LogP contribution in [0.1, 0.15) is 49.6 Å². The number of hydrogen-bond donors (Lipinski definition) is 1. The Bertz CT molecular complexity index is 679. The fraction of sp³-hybridized carbons (Fsp3) is 0.474. The first-order valence-corrected chi connectivity index (χ1v) is 8.52. The van der Waals surface area contributed by atoms with E-state index in [9.17, 15) is 4.79 Å². The van der Waals surface area contributed by atoms with Gasteiger partial charge in [-0.1, -0.05) is 31.5 Å². The van der Waals surface area contributed by atoms with Gasteiger partial charge in [0.05, 0.1) is 17.9 Å². The monoisotopic (exact) mass is 329 g/mol. The first-order chi connectivity index (χ1) is 11.5. The normalized spacial score (nSPS) is 12.2. The number of amides is 1. The number of rotatable bonds is 8. The second-order valence-corrected chi connectivity index (χ2v) is 6.08. The van der Waals surface area contributed by atoms with E-state index in [4.69, 9.17) is 4.74 Å². The highest BCUT2D eigenvalue weighted by Crippen LogP contribution is 2.21. The van der Waals surface area contributed by atoms with Crippen LogP contribution in [0.5, 0.6) is 0 Å². The van der Waals surface area contributed by atoms with E-state index in [0.717, 1.165) is 35.3 Å². The molecule has 1 unspecified atom stereocenters. The molecule has 0 radical (unpaired) electrons. The number of carbonyl (C=O) groups excluding carboxylic acids is 1. The van der Waals surface area contributed by atoms with Crippen molar-refractivity contribution in [3.8, 4) is 5.69 Å². The first-order valence-electron chi connectivity index (χ1n) is 8.52. The van der Waals surface area contributed by atoms with Gasteiger partial charge in [0.2, 0.25) is 5.91 Å². The Balaban J connectivity index is 2.02. The number of nitrogens with zero attached hydrogens (tertiary/aromatic N) is 2. The van der Waals surface area contributed by atoms with Gasteiger partial charge in [0.25, 0.3) is 0 Å². The Morgan fingerprint density at radius 2 is 2.08 bits per heavy atom. The van der Waals surface area contributed by atoms with E-state index in [1.54, 1.807) is 0 Å². The molecule has 130 valence electrons. The van der Waals surface area contributed by atoms with E-state index in [1.165, 1.54) is 0 Å². The lowest BCUT2D eigenvalue weighted by atomic mass is 10.1. The molecule has 1 amide bonds. The van der Waals surface area contributed by atoms with E-state index in [2.05, 4.69) is 30.3 Å². The van der Waals surface area contributed by atoms with Crippen LogP contribution in [0, 0.1) is 13.8 Å². The van der Waals surface area contributed by atoms with Crippen molar-refractivity contribution < 1.29 is 9.53 Å². The topological polar surface area (TPSA) is 56.1 Å². The summed E-state index contributed by atoms with van der Waals surface area (Å²) >= 11 is 0. The molecule has 1 heterocycles. The molecule has 0 bridgehead atoms. The number of carbonyl (C=O) groups is 1. The van der Waals surface area contributed by atoms with Crippen molar-refractivity contribution in [2.75, 3.05) is 13.2 Å². The highest BCUT2D eigenvalue weighted by Gasteiger charge is 2.16. The number of hydrogen-bond acceptors (Lipinski definition) is 3. The third-order valence-corrected chi connectivity index (χ3v) is 4.11. The highest BCUT2D eigenvalue weighted by atomic mass is 16.5. The van der Waals surface area contributed by atoms with E-state index in [-0.39, 0.29) is 18.6 Å².